The number of halogens is 1. The molecular weight excluding hydrogens is 300 g/mol. The van der Waals surface area contributed by atoms with Crippen molar-refractivity contribution in [3.8, 4) is 0 Å². The van der Waals surface area contributed by atoms with Crippen molar-refractivity contribution >= 4 is 17.5 Å². The number of morpholine rings is 1. The molecule has 2 unspecified atom stereocenters. The molecule has 1 aliphatic heterocycles. The SMILES string of the molecule is O=C(CC1COCCN1)NC(c1ccc(Cl)cc1)C1CCC1. The van der Waals surface area contributed by atoms with Crippen molar-refractivity contribution in [3.05, 3.63) is 34.9 Å². The zero-order chi connectivity index (χ0) is 15.4. The number of rotatable bonds is 5. The zero-order valence-electron chi connectivity index (χ0n) is 12.7. The molecule has 1 aromatic rings. The third-order valence-corrected chi connectivity index (χ3v) is 4.85. The van der Waals surface area contributed by atoms with E-state index in [0.29, 0.717) is 18.9 Å². The Hall–Kier alpha value is -1.10. The second-order valence-electron chi connectivity index (χ2n) is 6.22. The Morgan fingerprint density at radius 2 is 2.14 bits per heavy atom. The number of hydrogen-bond donors (Lipinski definition) is 2. The van der Waals surface area contributed by atoms with Gasteiger partial charge in [0.15, 0.2) is 0 Å². The molecule has 1 heterocycles. The van der Waals surface area contributed by atoms with E-state index < -0.39 is 0 Å². The van der Waals surface area contributed by atoms with Crippen molar-refractivity contribution in [2.45, 2.75) is 37.8 Å². The molecule has 0 radical (unpaired) electrons. The fraction of sp³-hybridized carbons (Fsp3) is 0.588. The van der Waals surface area contributed by atoms with Crippen LogP contribution in [0.15, 0.2) is 24.3 Å². The lowest BCUT2D eigenvalue weighted by Crippen LogP contribution is -2.45. The molecule has 0 bridgehead atoms. The first-order valence-corrected chi connectivity index (χ1v) is 8.46. The summed E-state index contributed by atoms with van der Waals surface area (Å²) < 4.78 is 5.41. The molecular formula is C17H23ClN2O2. The van der Waals surface area contributed by atoms with Crippen molar-refractivity contribution < 1.29 is 9.53 Å². The molecule has 2 fully saturated rings. The molecule has 2 aliphatic rings. The normalized spacial score (nSPS) is 23.6. The highest BCUT2D eigenvalue weighted by atomic mass is 35.5. The fourth-order valence-electron chi connectivity index (χ4n) is 3.12. The van der Waals surface area contributed by atoms with Gasteiger partial charge in [-0.05, 0) is 36.5 Å². The lowest BCUT2D eigenvalue weighted by atomic mass is 9.77. The molecule has 2 atom stereocenters. The lowest BCUT2D eigenvalue weighted by molar-refractivity contribution is -0.123. The van der Waals surface area contributed by atoms with Crippen LogP contribution in [0.1, 0.15) is 37.3 Å². The molecule has 0 aromatic heterocycles. The molecule has 4 nitrogen and oxygen atoms in total. The molecule has 22 heavy (non-hydrogen) atoms. The van der Waals surface area contributed by atoms with E-state index in [0.717, 1.165) is 23.7 Å². The summed E-state index contributed by atoms with van der Waals surface area (Å²) in [5.74, 6) is 0.635. The average Bonchev–Trinajstić information content (AvgIpc) is 2.46. The monoisotopic (exact) mass is 322 g/mol. The number of nitrogens with one attached hydrogen (secondary N) is 2. The van der Waals surface area contributed by atoms with Crippen LogP contribution < -0.4 is 10.6 Å². The molecule has 1 saturated carbocycles. The van der Waals surface area contributed by atoms with Gasteiger partial charge in [-0.15, -0.1) is 0 Å². The number of hydrogen-bond acceptors (Lipinski definition) is 3. The number of carbonyl (C=O) groups is 1. The summed E-state index contributed by atoms with van der Waals surface area (Å²) in [4.78, 5) is 12.4. The summed E-state index contributed by atoms with van der Waals surface area (Å²) in [5, 5.41) is 7.28. The summed E-state index contributed by atoms with van der Waals surface area (Å²) in [7, 11) is 0. The van der Waals surface area contributed by atoms with Gasteiger partial charge in [0.05, 0.1) is 19.3 Å². The molecule has 1 aromatic carbocycles. The maximum atomic E-state index is 12.4. The molecule has 1 aliphatic carbocycles. The molecule has 1 saturated heterocycles. The van der Waals surface area contributed by atoms with Gasteiger partial charge in [0.25, 0.3) is 0 Å². The molecule has 0 spiro atoms. The van der Waals surface area contributed by atoms with Gasteiger partial charge < -0.3 is 15.4 Å². The van der Waals surface area contributed by atoms with Gasteiger partial charge in [0.1, 0.15) is 0 Å². The second kappa shape index (κ2) is 7.44. The molecule has 3 rings (SSSR count). The highest BCUT2D eigenvalue weighted by Crippen LogP contribution is 2.38. The fourth-order valence-corrected chi connectivity index (χ4v) is 3.25. The number of ether oxygens (including phenoxy) is 1. The van der Waals surface area contributed by atoms with Gasteiger partial charge in [-0.25, -0.2) is 0 Å². The number of benzene rings is 1. The van der Waals surface area contributed by atoms with E-state index in [-0.39, 0.29) is 18.0 Å². The molecule has 120 valence electrons. The molecule has 1 amide bonds. The van der Waals surface area contributed by atoms with Crippen LogP contribution in [-0.2, 0) is 9.53 Å². The van der Waals surface area contributed by atoms with Crippen molar-refractivity contribution in [2.24, 2.45) is 5.92 Å². The Labute approximate surface area is 136 Å². The Morgan fingerprint density at radius 3 is 2.73 bits per heavy atom. The third kappa shape index (κ3) is 4.00. The predicted octanol–water partition coefficient (Wildman–Crippen LogP) is 2.68. The van der Waals surface area contributed by atoms with Crippen molar-refractivity contribution in [3.63, 3.8) is 0 Å². The predicted molar refractivity (Wildman–Crippen MR) is 86.9 cm³/mol. The van der Waals surface area contributed by atoms with Gasteiger partial charge in [0, 0.05) is 24.0 Å². The highest BCUT2D eigenvalue weighted by molar-refractivity contribution is 6.30. The van der Waals surface area contributed by atoms with Gasteiger partial charge in [-0.1, -0.05) is 30.2 Å². The highest BCUT2D eigenvalue weighted by Gasteiger charge is 2.30. The van der Waals surface area contributed by atoms with E-state index in [1.54, 1.807) is 0 Å². The van der Waals surface area contributed by atoms with Crippen LogP contribution in [0.5, 0.6) is 0 Å². The first kappa shape index (κ1) is 15.8. The number of amides is 1. The third-order valence-electron chi connectivity index (χ3n) is 4.60. The van der Waals surface area contributed by atoms with Crippen molar-refractivity contribution in [1.29, 1.82) is 0 Å². The average molecular weight is 323 g/mol. The molecule has 5 heteroatoms. The van der Waals surface area contributed by atoms with E-state index in [1.165, 1.54) is 19.3 Å². The summed E-state index contributed by atoms with van der Waals surface area (Å²) in [6, 6.07) is 8.06. The van der Waals surface area contributed by atoms with Crippen LogP contribution >= 0.6 is 11.6 Å². The largest absolute Gasteiger partial charge is 0.378 e. The Balaban J connectivity index is 1.62. The first-order valence-electron chi connectivity index (χ1n) is 8.08. The summed E-state index contributed by atoms with van der Waals surface area (Å²) in [6.45, 7) is 2.16. The Morgan fingerprint density at radius 1 is 1.36 bits per heavy atom. The van der Waals surface area contributed by atoms with Crippen LogP contribution in [0.25, 0.3) is 0 Å². The van der Waals surface area contributed by atoms with Gasteiger partial charge >= 0.3 is 0 Å². The maximum absolute atomic E-state index is 12.4. The first-order chi connectivity index (χ1) is 10.7. The van der Waals surface area contributed by atoms with Crippen LogP contribution in [0.4, 0.5) is 0 Å². The van der Waals surface area contributed by atoms with Gasteiger partial charge in [0.2, 0.25) is 5.91 Å². The van der Waals surface area contributed by atoms with Crippen molar-refractivity contribution in [2.75, 3.05) is 19.8 Å². The van der Waals surface area contributed by atoms with E-state index in [2.05, 4.69) is 10.6 Å². The van der Waals surface area contributed by atoms with Crippen LogP contribution in [-0.4, -0.2) is 31.7 Å². The minimum absolute atomic E-state index is 0.0925. The number of carbonyl (C=O) groups excluding carboxylic acids is 1. The minimum atomic E-state index is 0.0925. The quantitative estimate of drug-likeness (QED) is 0.876. The Kier molecular flexibility index (Phi) is 5.34. The van der Waals surface area contributed by atoms with Crippen LogP contribution in [0, 0.1) is 5.92 Å². The van der Waals surface area contributed by atoms with E-state index in [9.17, 15) is 4.79 Å². The van der Waals surface area contributed by atoms with Crippen LogP contribution in [0.3, 0.4) is 0 Å². The topological polar surface area (TPSA) is 50.4 Å². The maximum Gasteiger partial charge on any atom is 0.222 e. The van der Waals surface area contributed by atoms with Gasteiger partial charge in [-0.2, -0.15) is 0 Å². The van der Waals surface area contributed by atoms with E-state index >= 15 is 0 Å². The van der Waals surface area contributed by atoms with E-state index in [4.69, 9.17) is 16.3 Å². The minimum Gasteiger partial charge on any atom is -0.378 e. The summed E-state index contributed by atoms with van der Waals surface area (Å²) >= 11 is 5.97. The van der Waals surface area contributed by atoms with Crippen molar-refractivity contribution in [1.82, 2.24) is 10.6 Å². The summed E-state index contributed by atoms with van der Waals surface area (Å²) in [6.07, 6.45) is 4.08. The summed E-state index contributed by atoms with van der Waals surface area (Å²) in [5.41, 5.74) is 1.15. The standard InChI is InChI=1S/C17H23ClN2O2/c18-14-6-4-13(5-7-14)17(12-2-1-3-12)20-16(21)10-15-11-22-9-8-19-15/h4-7,12,15,17,19H,1-3,8-11H2,(H,20,21). The van der Waals surface area contributed by atoms with Crippen LogP contribution in [0.2, 0.25) is 5.02 Å². The second-order valence-corrected chi connectivity index (χ2v) is 6.65. The Bertz CT molecular complexity index is 496. The molecule has 2 N–H and O–H groups in total. The van der Waals surface area contributed by atoms with Gasteiger partial charge in [-0.3, -0.25) is 4.79 Å². The smallest absolute Gasteiger partial charge is 0.222 e. The lowest BCUT2D eigenvalue weighted by Gasteiger charge is -2.35. The van der Waals surface area contributed by atoms with E-state index in [1.807, 2.05) is 24.3 Å². The zero-order valence-corrected chi connectivity index (χ0v) is 13.4.